The Bertz CT molecular complexity index is 1390. The number of para-hydroxylation sites is 2. The molecule has 0 atom stereocenters. The van der Waals surface area contributed by atoms with E-state index < -0.39 is 0 Å². The second kappa shape index (κ2) is 10.1. The van der Waals surface area contributed by atoms with E-state index in [0.29, 0.717) is 21.7 Å². The van der Waals surface area contributed by atoms with E-state index in [1.54, 1.807) is 22.9 Å². The van der Waals surface area contributed by atoms with E-state index in [1.807, 2.05) is 54.6 Å². The van der Waals surface area contributed by atoms with Crippen LogP contribution >= 0.6 is 11.8 Å². The number of hydrazone groups is 1. The van der Waals surface area contributed by atoms with Gasteiger partial charge in [0.2, 0.25) is 0 Å². The number of benzene rings is 3. The van der Waals surface area contributed by atoms with Crippen LogP contribution < -0.4 is 11.0 Å². The summed E-state index contributed by atoms with van der Waals surface area (Å²) in [6.07, 6.45) is 1.61. The molecule has 0 radical (unpaired) electrons. The number of nitrogens with one attached hydrogen (secondary N) is 1. The Morgan fingerprint density at radius 1 is 1.00 bits per heavy atom. The van der Waals surface area contributed by atoms with Crippen LogP contribution in [0.2, 0.25) is 0 Å². The summed E-state index contributed by atoms with van der Waals surface area (Å²) in [6.45, 7) is 6.49. The van der Waals surface area contributed by atoms with E-state index in [4.69, 9.17) is 0 Å². The summed E-state index contributed by atoms with van der Waals surface area (Å²) in [5, 5.41) is 5.05. The van der Waals surface area contributed by atoms with Crippen molar-refractivity contribution in [1.29, 1.82) is 0 Å². The zero-order chi connectivity index (χ0) is 24.1. The van der Waals surface area contributed by atoms with Gasteiger partial charge < -0.3 is 0 Å². The van der Waals surface area contributed by atoms with Crippen LogP contribution in [0.5, 0.6) is 0 Å². The van der Waals surface area contributed by atoms with Gasteiger partial charge >= 0.3 is 0 Å². The molecule has 0 aliphatic heterocycles. The smallest absolute Gasteiger partial charge is 0.266 e. The Morgan fingerprint density at radius 2 is 1.68 bits per heavy atom. The highest BCUT2D eigenvalue weighted by Crippen LogP contribution is 2.22. The van der Waals surface area contributed by atoms with Crippen LogP contribution in [0.15, 0.2) is 93.9 Å². The minimum Gasteiger partial charge on any atom is -0.272 e. The molecule has 0 fully saturated rings. The maximum atomic E-state index is 13.2. The van der Waals surface area contributed by atoms with Gasteiger partial charge in [0.15, 0.2) is 5.16 Å². The molecule has 3 aromatic carbocycles. The number of amides is 1. The first-order valence-corrected chi connectivity index (χ1v) is 11.9. The minimum absolute atomic E-state index is 0.0674. The molecule has 7 heteroatoms. The van der Waals surface area contributed by atoms with Crippen LogP contribution in [0, 0.1) is 0 Å². The minimum atomic E-state index is -0.283. The normalized spacial score (nSPS) is 11.7. The predicted molar refractivity (Wildman–Crippen MR) is 139 cm³/mol. The summed E-state index contributed by atoms with van der Waals surface area (Å²) in [5.74, 6) is -0.215. The summed E-state index contributed by atoms with van der Waals surface area (Å²) >= 11 is 1.20. The molecule has 0 spiro atoms. The molecule has 6 nitrogen and oxygen atoms in total. The average Bonchev–Trinajstić information content (AvgIpc) is 2.83. The van der Waals surface area contributed by atoms with E-state index in [9.17, 15) is 9.59 Å². The van der Waals surface area contributed by atoms with Crippen LogP contribution in [0.1, 0.15) is 31.9 Å². The largest absolute Gasteiger partial charge is 0.272 e. The lowest BCUT2D eigenvalue weighted by Crippen LogP contribution is -2.24. The number of nitrogens with zero attached hydrogens (tertiary/aromatic N) is 3. The summed E-state index contributed by atoms with van der Waals surface area (Å²) in [7, 11) is 0. The van der Waals surface area contributed by atoms with Gasteiger partial charge in [0, 0.05) is 0 Å². The van der Waals surface area contributed by atoms with Crippen LogP contribution in [0.4, 0.5) is 0 Å². The van der Waals surface area contributed by atoms with Gasteiger partial charge in [-0.3, -0.25) is 14.2 Å². The fraction of sp³-hybridized carbons (Fsp3) is 0.185. The summed E-state index contributed by atoms with van der Waals surface area (Å²) in [4.78, 5) is 30.3. The van der Waals surface area contributed by atoms with Crippen LogP contribution in [0.25, 0.3) is 16.6 Å². The lowest BCUT2D eigenvalue weighted by Gasteiger charge is -2.18. The number of aromatic nitrogens is 2. The van der Waals surface area contributed by atoms with Gasteiger partial charge in [0.05, 0.1) is 28.6 Å². The first kappa shape index (κ1) is 23.4. The molecule has 0 bridgehead atoms. The third kappa shape index (κ3) is 5.43. The molecule has 0 aliphatic rings. The molecule has 4 rings (SSSR count). The highest BCUT2D eigenvalue weighted by molar-refractivity contribution is 7.99. The molecule has 1 N–H and O–H groups in total. The molecule has 4 aromatic rings. The van der Waals surface area contributed by atoms with Gasteiger partial charge in [-0.1, -0.05) is 87.1 Å². The van der Waals surface area contributed by atoms with Gasteiger partial charge in [0.25, 0.3) is 11.5 Å². The van der Waals surface area contributed by atoms with Crippen molar-refractivity contribution in [2.24, 2.45) is 5.10 Å². The van der Waals surface area contributed by atoms with Crippen molar-refractivity contribution < 1.29 is 4.79 Å². The molecule has 1 amide bonds. The number of fused-ring (bicyclic) bond motifs is 1. The quantitative estimate of drug-likeness (QED) is 0.188. The highest BCUT2D eigenvalue weighted by Gasteiger charge is 2.15. The Kier molecular flexibility index (Phi) is 6.93. The predicted octanol–water partition coefficient (Wildman–Crippen LogP) is 4.93. The van der Waals surface area contributed by atoms with Crippen LogP contribution in [-0.2, 0) is 10.2 Å². The number of hydrogen-bond acceptors (Lipinski definition) is 5. The van der Waals surface area contributed by atoms with Crippen molar-refractivity contribution >= 4 is 34.8 Å². The van der Waals surface area contributed by atoms with Gasteiger partial charge in [-0.05, 0) is 40.8 Å². The van der Waals surface area contributed by atoms with E-state index >= 15 is 0 Å². The molecule has 0 unspecified atom stereocenters. The van der Waals surface area contributed by atoms with E-state index in [-0.39, 0.29) is 22.6 Å². The SMILES string of the molecule is CC(C)(C)c1ccc(C=NNC(=O)CSc2nc3ccccc3c(=O)n2-c2ccccc2)cc1. The van der Waals surface area contributed by atoms with Crippen molar-refractivity contribution in [1.82, 2.24) is 15.0 Å². The molecular formula is C27H26N4O2S. The lowest BCUT2D eigenvalue weighted by molar-refractivity contribution is -0.118. The third-order valence-corrected chi connectivity index (χ3v) is 6.21. The first-order chi connectivity index (χ1) is 16.3. The van der Waals surface area contributed by atoms with Crippen molar-refractivity contribution in [3.63, 3.8) is 0 Å². The van der Waals surface area contributed by atoms with Crippen molar-refractivity contribution in [3.8, 4) is 5.69 Å². The number of carbonyl (C=O) groups excluding carboxylic acids is 1. The fourth-order valence-electron chi connectivity index (χ4n) is 3.42. The second-order valence-corrected chi connectivity index (χ2v) is 9.78. The Morgan fingerprint density at radius 3 is 2.38 bits per heavy atom. The zero-order valence-corrected chi connectivity index (χ0v) is 20.2. The average molecular weight is 471 g/mol. The maximum absolute atomic E-state index is 13.2. The molecule has 1 heterocycles. The Balaban J connectivity index is 1.48. The van der Waals surface area contributed by atoms with Crippen molar-refractivity contribution in [2.45, 2.75) is 31.3 Å². The van der Waals surface area contributed by atoms with E-state index in [2.05, 4.69) is 48.4 Å². The van der Waals surface area contributed by atoms with E-state index in [0.717, 1.165) is 5.56 Å². The molecule has 0 saturated heterocycles. The molecule has 172 valence electrons. The van der Waals surface area contributed by atoms with E-state index in [1.165, 1.54) is 17.3 Å². The fourth-order valence-corrected chi connectivity index (χ4v) is 4.23. The summed E-state index contributed by atoms with van der Waals surface area (Å²) in [6, 6.07) is 24.6. The monoisotopic (exact) mass is 470 g/mol. The highest BCUT2D eigenvalue weighted by atomic mass is 32.2. The van der Waals surface area contributed by atoms with Crippen molar-refractivity contribution in [3.05, 3.63) is 100 Å². The van der Waals surface area contributed by atoms with Crippen LogP contribution in [0.3, 0.4) is 0 Å². The lowest BCUT2D eigenvalue weighted by atomic mass is 9.87. The Labute approximate surface area is 202 Å². The third-order valence-electron chi connectivity index (χ3n) is 5.27. The first-order valence-electron chi connectivity index (χ1n) is 11.0. The topological polar surface area (TPSA) is 76.3 Å². The standard InChI is InChI=1S/C27H26N4O2S/c1-27(2,3)20-15-13-19(14-16-20)17-28-30-24(32)18-34-26-29-23-12-8-7-11-22(23)25(33)31(26)21-9-5-4-6-10-21/h4-17H,18H2,1-3H3,(H,30,32). The molecule has 0 aliphatic carbocycles. The van der Waals surface area contributed by atoms with Crippen LogP contribution in [-0.4, -0.2) is 27.4 Å². The van der Waals surface area contributed by atoms with Gasteiger partial charge in [-0.25, -0.2) is 10.4 Å². The molecule has 34 heavy (non-hydrogen) atoms. The Hall–Kier alpha value is -3.71. The zero-order valence-electron chi connectivity index (χ0n) is 19.4. The molecule has 0 saturated carbocycles. The van der Waals surface area contributed by atoms with Gasteiger partial charge in [-0.2, -0.15) is 5.10 Å². The number of hydrogen-bond donors (Lipinski definition) is 1. The van der Waals surface area contributed by atoms with Gasteiger partial charge in [0.1, 0.15) is 0 Å². The maximum Gasteiger partial charge on any atom is 0.266 e. The second-order valence-electron chi connectivity index (χ2n) is 8.84. The summed E-state index contributed by atoms with van der Waals surface area (Å²) in [5.41, 5.74) is 5.89. The number of thioether (sulfide) groups is 1. The number of rotatable bonds is 6. The molecule has 1 aromatic heterocycles. The molecular weight excluding hydrogens is 444 g/mol. The summed E-state index contributed by atoms with van der Waals surface area (Å²) < 4.78 is 1.54. The van der Waals surface area contributed by atoms with Crippen molar-refractivity contribution in [2.75, 3.05) is 5.75 Å². The van der Waals surface area contributed by atoms with Gasteiger partial charge in [-0.15, -0.1) is 0 Å². The number of carbonyl (C=O) groups is 1.